The third kappa shape index (κ3) is 1.41. The van der Waals surface area contributed by atoms with Crippen LogP contribution >= 0.6 is 0 Å². The van der Waals surface area contributed by atoms with Gasteiger partial charge in [-0.2, -0.15) is 0 Å². The van der Waals surface area contributed by atoms with Gasteiger partial charge >= 0.3 is 0 Å². The first-order chi connectivity index (χ1) is 7.36. The minimum Gasteiger partial charge on any atom is -0.294 e. The molecule has 1 nitrogen and oxygen atoms in total. The molecule has 2 aliphatic carbocycles. The number of aryl methyl sites for hydroxylation is 1. The van der Waals surface area contributed by atoms with Crippen LogP contribution in [0.4, 0.5) is 0 Å². The SMILES string of the molecule is O=C1CCCc2c1ccc1c2CCCC1. The summed E-state index contributed by atoms with van der Waals surface area (Å²) >= 11 is 0. The van der Waals surface area contributed by atoms with Gasteiger partial charge in [0.05, 0.1) is 0 Å². The molecule has 78 valence electrons. The van der Waals surface area contributed by atoms with E-state index in [-0.39, 0.29) is 0 Å². The Morgan fingerprint density at radius 1 is 0.800 bits per heavy atom. The van der Waals surface area contributed by atoms with Crippen molar-refractivity contribution in [3.63, 3.8) is 0 Å². The first-order valence-corrected chi connectivity index (χ1v) is 6.03. The first kappa shape index (κ1) is 9.14. The van der Waals surface area contributed by atoms with Crippen molar-refractivity contribution >= 4 is 5.78 Å². The summed E-state index contributed by atoms with van der Waals surface area (Å²) in [6.07, 6.45) is 7.98. The lowest BCUT2D eigenvalue weighted by Crippen LogP contribution is -2.16. The lowest BCUT2D eigenvalue weighted by molar-refractivity contribution is 0.0972. The largest absolute Gasteiger partial charge is 0.294 e. The minimum absolute atomic E-state index is 0.365. The van der Waals surface area contributed by atoms with Gasteiger partial charge in [0, 0.05) is 12.0 Å². The maximum atomic E-state index is 11.8. The van der Waals surface area contributed by atoms with Crippen LogP contribution in [0.1, 0.15) is 52.7 Å². The summed E-state index contributed by atoms with van der Waals surface area (Å²) in [5.74, 6) is 0.365. The molecule has 0 radical (unpaired) electrons. The summed E-state index contributed by atoms with van der Waals surface area (Å²) in [6, 6.07) is 4.26. The lowest BCUT2D eigenvalue weighted by Gasteiger charge is -2.24. The highest BCUT2D eigenvalue weighted by Crippen LogP contribution is 2.31. The monoisotopic (exact) mass is 200 g/mol. The van der Waals surface area contributed by atoms with Gasteiger partial charge in [0.2, 0.25) is 0 Å². The predicted molar refractivity (Wildman–Crippen MR) is 60.4 cm³/mol. The fourth-order valence-corrected chi connectivity index (χ4v) is 3.01. The Kier molecular flexibility index (Phi) is 2.12. The molecule has 0 spiro atoms. The number of benzene rings is 1. The maximum absolute atomic E-state index is 11.8. The molecule has 0 unspecified atom stereocenters. The van der Waals surface area contributed by atoms with Gasteiger partial charge in [0.15, 0.2) is 5.78 Å². The summed E-state index contributed by atoms with van der Waals surface area (Å²) < 4.78 is 0. The van der Waals surface area contributed by atoms with Crippen LogP contribution in [0, 0.1) is 0 Å². The molecule has 3 rings (SSSR count). The molecule has 0 atom stereocenters. The van der Waals surface area contributed by atoms with Crippen LogP contribution in [-0.2, 0) is 19.3 Å². The van der Waals surface area contributed by atoms with Gasteiger partial charge in [-0.15, -0.1) is 0 Å². The zero-order valence-electron chi connectivity index (χ0n) is 9.01. The van der Waals surface area contributed by atoms with E-state index in [1.54, 1.807) is 0 Å². The average Bonchev–Trinajstić information content (AvgIpc) is 2.29. The highest BCUT2D eigenvalue weighted by molar-refractivity contribution is 5.98. The van der Waals surface area contributed by atoms with Crippen molar-refractivity contribution in [3.05, 3.63) is 34.4 Å². The topological polar surface area (TPSA) is 17.1 Å². The van der Waals surface area contributed by atoms with Crippen LogP contribution in [-0.4, -0.2) is 5.78 Å². The summed E-state index contributed by atoms with van der Waals surface area (Å²) in [6.45, 7) is 0. The quantitative estimate of drug-likeness (QED) is 0.629. The van der Waals surface area contributed by atoms with E-state index < -0.39 is 0 Å². The zero-order chi connectivity index (χ0) is 10.3. The molecular formula is C14H16O. The second-order valence-electron chi connectivity index (χ2n) is 4.71. The van der Waals surface area contributed by atoms with E-state index in [0.29, 0.717) is 5.78 Å². The van der Waals surface area contributed by atoms with E-state index in [2.05, 4.69) is 12.1 Å². The Morgan fingerprint density at radius 2 is 1.60 bits per heavy atom. The average molecular weight is 200 g/mol. The second kappa shape index (κ2) is 3.48. The van der Waals surface area contributed by atoms with Crippen LogP contribution in [0.15, 0.2) is 12.1 Å². The fourth-order valence-electron chi connectivity index (χ4n) is 3.01. The molecule has 1 aromatic rings. The molecule has 0 heterocycles. The van der Waals surface area contributed by atoms with E-state index >= 15 is 0 Å². The van der Waals surface area contributed by atoms with E-state index in [4.69, 9.17) is 0 Å². The number of rotatable bonds is 0. The summed E-state index contributed by atoms with van der Waals surface area (Å²) in [5, 5.41) is 0. The number of carbonyl (C=O) groups excluding carboxylic acids is 1. The number of Topliss-reactive ketones (excluding diaryl/α,β-unsaturated/α-hetero) is 1. The Labute approximate surface area is 90.5 Å². The van der Waals surface area contributed by atoms with E-state index in [1.807, 2.05) is 0 Å². The third-order valence-corrected chi connectivity index (χ3v) is 3.78. The van der Waals surface area contributed by atoms with Gasteiger partial charge in [-0.3, -0.25) is 4.79 Å². The number of carbonyl (C=O) groups is 1. The van der Waals surface area contributed by atoms with Crippen molar-refractivity contribution in [3.8, 4) is 0 Å². The molecule has 0 saturated heterocycles. The molecule has 2 aliphatic rings. The Bertz CT molecular complexity index is 418. The van der Waals surface area contributed by atoms with E-state index in [9.17, 15) is 4.79 Å². The smallest absolute Gasteiger partial charge is 0.163 e. The normalized spacial score (nSPS) is 19.6. The molecule has 0 aromatic heterocycles. The van der Waals surface area contributed by atoms with Crippen molar-refractivity contribution in [1.82, 2.24) is 0 Å². The van der Waals surface area contributed by atoms with E-state index in [1.165, 1.54) is 42.4 Å². The Morgan fingerprint density at radius 3 is 2.53 bits per heavy atom. The van der Waals surface area contributed by atoms with Gasteiger partial charge in [-0.25, -0.2) is 0 Å². The third-order valence-electron chi connectivity index (χ3n) is 3.78. The predicted octanol–water partition coefficient (Wildman–Crippen LogP) is 3.08. The molecule has 15 heavy (non-hydrogen) atoms. The van der Waals surface area contributed by atoms with Gasteiger partial charge in [-0.1, -0.05) is 12.1 Å². The molecular weight excluding hydrogens is 184 g/mol. The Hall–Kier alpha value is -1.11. The van der Waals surface area contributed by atoms with Crippen LogP contribution in [0.5, 0.6) is 0 Å². The van der Waals surface area contributed by atoms with Crippen LogP contribution in [0.3, 0.4) is 0 Å². The maximum Gasteiger partial charge on any atom is 0.163 e. The van der Waals surface area contributed by atoms with Crippen LogP contribution in [0.2, 0.25) is 0 Å². The van der Waals surface area contributed by atoms with Crippen molar-refractivity contribution in [1.29, 1.82) is 0 Å². The van der Waals surface area contributed by atoms with Gasteiger partial charge < -0.3 is 0 Å². The number of hydrogen-bond acceptors (Lipinski definition) is 1. The number of fused-ring (bicyclic) bond motifs is 3. The van der Waals surface area contributed by atoms with Crippen molar-refractivity contribution in [2.75, 3.05) is 0 Å². The lowest BCUT2D eigenvalue weighted by atomic mass is 9.80. The van der Waals surface area contributed by atoms with Crippen LogP contribution in [0.25, 0.3) is 0 Å². The fraction of sp³-hybridized carbons (Fsp3) is 0.500. The molecule has 1 heteroatoms. The first-order valence-electron chi connectivity index (χ1n) is 6.03. The molecule has 0 fully saturated rings. The zero-order valence-corrected chi connectivity index (χ0v) is 9.01. The van der Waals surface area contributed by atoms with Gasteiger partial charge in [0.25, 0.3) is 0 Å². The van der Waals surface area contributed by atoms with Crippen LogP contribution < -0.4 is 0 Å². The van der Waals surface area contributed by atoms with Gasteiger partial charge in [0.1, 0.15) is 0 Å². The molecule has 0 N–H and O–H groups in total. The summed E-state index contributed by atoms with van der Waals surface area (Å²) in [7, 11) is 0. The Balaban J connectivity index is 2.17. The van der Waals surface area contributed by atoms with Crippen molar-refractivity contribution in [2.45, 2.75) is 44.9 Å². The standard InChI is InChI=1S/C14H16O/c15-14-7-3-6-12-11-5-2-1-4-10(11)8-9-13(12)14/h8-9H,1-7H2. The highest BCUT2D eigenvalue weighted by Gasteiger charge is 2.22. The van der Waals surface area contributed by atoms with E-state index in [0.717, 1.165) is 24.8 Å². The molecule has 0 saturated carbocycles. The molecule has 0 bridgehead atoms. The second-order valence-corrected chi connectivity index (χ2v) is 4.71. The molecule has 0 aliphatic heterocycles. The van der Waals surface area contributed by atoms with Crippen molar-refractivity contribution < 1.29 is 4.79 Å². The molecule has 0 amide bonds. The summed E-state index contributed by atoms with van der Waals surface area (Å²) in [5.41, 5.74) is 5.45. The molecule has 1 aromatic carbocycles. The number of ketones is 1. The minimum atomic E-state index is 0.365. The highest BCUT2D eigenvalue weighted by atomic mass is 16.1. The number of hydrogen-bond donors (Lipinski definition) is 0. The summed E-state index contributed by atoms with van der Waals surface area (Å²) in [4.78, 5) is 11.8. The van der Waals surface area contributed by atoms with Gasteiger partial charge in [-0.05, 0) is 55.2 Å². The van der Waals surface area contributed by atoms with Crippen molar-refractivity contribution in [2.24, 2.45) is 0 Å².